The molecule has 1 aliphatic rings. The van der Waals surface area contributed by atoms with E-state index in [0.29, 0.717) is 5.56 Å². The van der Waals surface area contributed by atoms with E-state index >= 15 is 0 Å². The van der Waals surface area contributed by atoms with Gasteiger partial charge in [-0.05, 0) is 37.6 Å². The lowest BCUT2D eigenvalue weighted by Gasteiger charge is -2.27. The second-order valence-electron chi connectivity index (χ2n) is 5.36. The minimum atomic E-state index is -0.915. The SMILES string of the molecule is CN(CCC(=O)O)C(C(=O)NC1CC1)c1ccc(F)cc1.Cl. The molecule has 1 aromatic carbocycles. The van der Waals surface area contributed by atoms with Crippen molar-refractivity contribution in [3.05, 3.63) is 35.6 Å². The van der Waals surface area contributed by atoms with Gasteiger partial charge in [0.05, 0.1) is 6.42 Å². The number of carbonyl (C=O) groups is 2. The second kappa shape index (κ2) is 8.10. The van der Waals surface area contributed by atoms with E-state index in [9.17, 15) is 14.0 Å². The van der Waals surface area contributed by atoms with Crippen LogP contribution in [0, 0.1) is 5.82 Å². The first kappa shape index (κ1) is 18.4. The standard InChI is InChI=1S/C15H19FN2O3.ClH/c1-18(9-8-13(19)20)14(15(21)17-12-6-7-12)10-2-4-11(16)5-3-10;/h2-5,12,14H,6-9H2,1H3,(H,17,21)(H,19,20);1H. The highest BCUT2D eigenvalue weighted by molar-refractivity contribution is 5.85. The molecule has 2 N–H and O–H groups in total. The smallest absolute Gasteiger partial charge is 0.304 e. The average Bonchev–Trinajstić information content (AvgIpc) is 3.23. The van der Waals surface area contributed by atoms with Gasteiger partial charge in [-0.2, -0.15) is 0 Å². The number of carboxylic acids is 1. The first-order valence-corrected chi connectivity index (χ1v) is 6.95. The number of hydrogen-bond acceptors (Lipinski definition) is 3. The Kier molecular flexibility index (Phi) is 6.77. The van der Waals surface area contributed by atoms with Crippen molar-refractivity contribution in [2.75, 3.05) is 13.6 Å². The van der Waals surface area contributed by atoms with Gasteiger partial charge in [-0.3, -0.25) is 14.5 Å². The van der Waals surface area contributed by atoms with Gasteiger partial charge < -0.3 is 10.4 Å². The molecule has 5 nitrogen and oxygen atoms in total. The Labute approximate surface area is 134 Å². The Bertz CT molecular complexity index is 520. The molecule has 1 saturated carbocycles. The van der Waals surface area contributed by atoms with Crippen LogP contribution in [0.3, 0.4) is 0 Å². The van der Waals surface area contributed by atoms with E-state index < -0.39 is 12.0 Å². The molecule has 0 heterocycles. The summed E-state index contributed by atoms with van der Waals surface area (Å²) in [6.07, 6.45) is 1.90. The van der Waals surface area contributed by atoms with Gasteiger partial charge in [-0.25, -0.2) is 4.39 Å². The van der Waals surface area contributed by atoms with Crippen molar-refractivity contribution in [1.82, 2.24) is 10.2 Å². The minimum absolute atomic E-state index is 0. The van der Waals surface area contributed by atoms with Crippen LogP contribution in [0.2, 0.25) is 0 Å². The number of benzene rings is 1. The number of nitrogens with zero attached hydrogens (tertiary/aromatic N) is 1. The number of aliphatic carboxylic acids is 1. The molecule has 0 aliphatic heterocycles. The Morgan fingerprint density at radius 3 is 2.45 bits per heavy atom. The number of halogens is 2. The molecule has 0 bridgehead atoms. The average molecular weight is 331 g/mol. The Balaban J connectivity index is 0.00000242. The summed E-state index contributed by atoms with van der Waals surface area (Å²) in [5, 5.41) is 11.7. The molecule has 0 saturated heterocycles. The van der Waals surface area contributed by atoms with E-state index in [1.54, 1.807) is 24.1 Å². The third kappa shape index (κ3) is 5.27. The van der Waals surface area contributed by atoms with Gasteiger partial charge in [-0.15, -0.1) is 12.4 Å². The van der Waals surface area contributed by atoms with Gasteiger partial charge >= 0.3 is 5.97 Å². The second-order valence-corrected chi connectivity index (χ2v) is 5.36. The summed E-state index contributed by atoms with van der Waals surface area (Å²) < 4.78 is 13.0. The van der Waals surface area contributed by atoms with E-state index in [0.717, 1.165) is 12.8 Å². The van der Waals surface area contributed by atoms with E-state index in [4.69, 9.17) is 5.11 Å². The highest BCUT2D eigenvalue weighted by Gasteiger charge is 2.30. The van der Waals surface area contributed by atoms with Gasteiger partial charge in [-0.1, -0.05) is 12.1 Å². The van der Waals surface area contributed by atoms with Gasteiger partial charge in [0, 0.05) is 12.6 Å². The van der Waals surface area contributed by atoms with Gasteiger partial charge in [0.25, 0.3) is 0 Å². The number of rotatable bonds is 7. The fourth-order valence-corrected chi connectivity index (χ4v) is 2.16. The van der Waals surface area contributed by atoms with Crippen molar-refractivity contribution in [3.8, 4) is 0 Å². The Morgan fingerprint density at radius 1 is 1.36 bits per heavy atom. The maximum Gasteiger partial charge on any atom is 0.304 e. The lowest BCUT2D eigenvalue weighted by atomic mass is 10.0. The fourth-order valence-electron chi connectivity index (χ4n) is 2.16. The van der Waals surface area contributed by atoms with Crippen LogP contribution in [0.5, 0.6) is 0 Å². The normalized spacial score (nSPS) is 15.0. The molecule has 0 radical (unpaired) electrons. The highest BCUT2D eigenvalue weighted by Crippen LogP contribution is 2.24. The topological polar surface area (TPSA) is 69.6 Å². The predicted molar refractivity (Wildman–Crippen MR) is 82.4 cm³/mol. The summed E-state index contributed by atoms with van der Waals surface area (Å²) in [4.78, 5) is 24.7. The van der Waals surface area contributed by atoms with Crippen LogP contribution in [-0.4, -0.2) is 41.5 Å². The molecule has 1 unspecified atom stereocenters. The Morgan fingerprint density at radius 2 is 1.95 bits per heavy atom. The number of likely N-dealkylation sites (N-methyl/N-ethyl adjacent to an activating group) is 1. The third-order valence-corrected chi connectivity index (χ3v) is 3.48. The van der Waals surface area contributed by atoms with Crippen molar-refractivity contribution < 1.29 is 19.1 Å². The van der Waals surface area contributed by atoms with Crippen LogP contribution in [0.1, 0.15) is 30.9 Å². The van der Waals surface area contributed by atoms with Gasteiger partial charge in [0.15, 0.2) is 0 Å². The van der Waals surface area contributed by atoms with E-state index in [1.807, 2.05) is 0 Å². The Hall–Kier alpha value is -1.66. The van der Waals surface area contributed by atoms with Crippen molar-refractivity contribution in [2.24, 2.45) is 0 Å². The molecule has 22 heavy (non-hydrogen) atoms. The van der Waals surface area contributed by atoms with E-state index in [1.165, 1.54) is 12.1 Å². The number of carbonyl (C=O) groups excluding carboxylic acids is 1. The minimum Gasteiger partial charge on any atom is -0.481 e. The molecule has 1 aromatic rings. The quantitative estimate of drug-likeness (QED) is 0.802. The zero-order valence-corrected chi connectivity index (χ0v) is 13.1. The van der Waals surface area contributed by atoms with Crippen molar-refractivity contribution in [2.45, 2.75) is 31.3 Å². The first-order valence-electron chi connectivity index (χ1n) is 6.95. The summed E-state index contributed by atoms with van der Waals surface area (Å²) in [5.41, 5.74) is 0.655. The zero-order valence-electron chi connectivity index (χ0n) is 12.3. The zero-order chi connectivity index (χ0) is 15.4. The maximum absolute atomic E-state index is 13.0. The predicted octanol–water partition coefficient (Wildman–Crippen LogP) is 1.97. The summed E-state index contributed by atoms with van der Waals surface area (Å²) in [7, 11) is 1.70. The van der Waals surface area contributed by atoms with Crippen LogP contribution in [0.15, 0.2) is 24.3 Å². The maximum atomic E-state index is 13.0. The number of hydrogen-bond donors (Lipinski definition) is 2. The molecule has 1 fully saturated rings. The van der Waals surface area contributed by atoms with Crippen LogP contribution in [0.25, 0.3) is 0 Å². The van der Waals surface area contributed by atoms with Crippen LogP contribution < -0.4 is 5.32 Å². The van der Waals surface area contributed by atoms with Gasteiger partial charge in [0.2, 0.25) is 5.91 Å². The number of nitrogens with one attached hydrogen (secondary N) is 1. The van der Waals surface area contributed by atoms with Crippen molar-refractivity contribution in [3.63, 3.8) is 0 Å². The van der Waals surface area contributed by atoms with Crippen LogP contribution >= 0.6 is 12.4 Å². The first-order chi connectivity index (χ1) is 9.97. The van der Waals surface area contributed by atoms with Crippen LogP contribution in [0.4, 0.5) is 4.39 Å². The molecule has 1 atom stereocenters. The highest BCUT2D eigenvalue weighted by atomic mass is 35.5. The van der Waals surface area contributed by atoms with Crippen molar-refractivity contribution in [1.29, 1.82) is 0 Å². The summed E-state index contributed by atoms with van der Waals surface area (Å²) in [6, 6.07) is 5.34. The lowest BCUT2D eigenvalue weighted by Crippen LogP contribution is -2.40. The summed E-state index contributed by atoms with van der Waals surface area (Å²) in [5.74, 6) is -1.45. The molecule has 2 rings (SSSR count). The molecule has 122 valence electrons. The van der Waals surface area contributed by atoms with Crippen LogP contribution in [-0.2, 0) is 9.59 Å². The number of carboxylic acid groups (broad SMARTS) is 1. The molecule has 7 heteroatoms. The summed E-state index contributed by atoms with van der Waals surface area (Å²) >= 11 is 0. The van der Waals surface area contributed by atoms with E-state index in [2.05, 4.69) is 5.32 Å². The lowest BCUT2D eigenvalue weighted by molar-refractivity contribution is -0.138. The monoisotopic (exact) mass is 330 g/mol. The largest absolute Gasteiger partial charge is 0.481 e. The fraction of sp³-hybridized carbons (Fsp3) is 0.467. The molecule has 1 amide bonds. The van der Waals surface area contributed by atoms with E-state index in [-0.39, 0.29) is 43.1 Å². The number of amides is 1. The van der Waals surface area contributed by atoms with Crippen molar-refractivity contribution >= 4 is 24.3 Å². The molecule has 0 aromatic heterocycles. The third-order valence-electron chi connectivity index (χ3n) is 3.48. The molecule has 1 aliphatic carbocycles. The molecular formula is C15H20ClFN2O3. The molecule has 0 spiro atoms. The van der Waals surface area contributed by atoms with Gasteiger partial charge in [0.1, 0.15) is 11.9 Å². The summed E-state index contributed by atoms with van der Waals surface area (Å²) in [6.45, 7) is 0.245. The molecular weight excluding hydrogens is 311 g/mol.